The quantitative estimate of drug-likeness (QED) is 0.547. The van der Waals surface area contributed by atoms with Crippen molar-refractivity contribution >= 4 is 10.0 Å². The van der Waals surface area contributed by atoms with E-state index in [0.717, 1.165) is 0 Å². The van der Waals surface area contributed by atoms with Crippen molar-refractivity contribution in [3.05, 3.63) is 12.7 Å². The van der Waals surface area contributed by atoms with Crippen LogP contribution in [0.5, 0.6) is 0 Å². The Morgan fingerprint density at radius 2 is 2.12 bits per heavy atom. The Hall–Kier alpha value is -0.350. The molecule has 4 heteroatoms. The molecule has 0 bridgehead atoms. The minimum Gasteiger partial charge on any atom is -0.229 e. The molecule has 0 amide bonds. The molecule has 0 spiro atoms. The maximum Gasteiger partial charge on any atom is 0.209 e. The lowest BCUT2D eigenvalue weighted by atomic mass is 10.5. The van der Waals surface area contributed by atoms with Crippen LogP contribution in [0.15, 0.2) is 12.7 Å². The van der Waals surface area contributed by atoms with E-state index in [1.165, 1.54) is 6.08 Å². The summed E-state index contributed by atoms with van der Waals surface area (Å²) in [5, 5.41) is 4.65. The highest BCUT2D eigenvalue weighted by Crippen LogP contribution is 1.83. The smallest absolute Gasteiger partial charge is 0.209 e. The predicted molar refractivity (Wildman–Crippen MR) is 32.8 cm³/mol. The molecule has 0 unspecified atom stereocenters. The third-order valence-electron chi connectivity index (χ3n) is 0.606. The molecule has 48 valence electrons. The van der Waals surface area contributed by atoms with Crippen molar-refractivity contribution in [3.8, 4) is 0 Å². The Morgan fingerprint density at radius 3 is 2.25 bits per heavy atom. The Bertz CT molecular complexity index is 159. The molecule has 0 fully saturated rings. The summed E-state index contributed by atoms with van der Waals surface area (Å²) in [6.07, 6.45) is 1.95. The van der Waals surface area contributed by atoms with Crippen LogP contribution in [0, 0.1) is 0 Å². The van der Waals surface area contributed by atoms with Crippen molar-refractivity contribution in [1.82, 2.24) is 0 Å². The first-order valence-corrected chi connectivity index (χ1v) is 3.89. The van der Waals surface area contributed by atoms with Crippen molar-refractivity contribution in [1.29, 1.82) is 0 Å². The lowest BCUT2D eigenvalue weighted by Gasteiger charge is -1.88. The van der Waals surface area contributed by atoms with Crippen molar-refractivity contribution in [3.63, 3.8) is 0 Å². The molecule has 0 rings (SSSR count). The lowest BCUT2D eigenvalue weighted by molar-refractivity contribution is 0.597. The summed E-state index contributed by atoms with van der Waals surface area (Å²) in [4.78, 5) is 0. The largest absolute Gasteiger partial charge is 0.229 e. The Kier molecular flexibility index (Phi) is 2.71. The number of nitrogens with two attached hydrogens (primary N) is 1. The maximum atomic E-state index is 10.1. The van der Waals surface area contributed by atoms with Gasteiger partial charge in [0, 0.05) is 0 Å². The normalized spacial score (nSPS) is 11.1. The van der Waals surface area contributed by atoms with Crippen LogP contribution in [0.4, 0.5) is 0 Å². The fraction of sp³-hybridized carbons (Fsp3) is 0.500. The minimum atomic E-state index is -3.26. The summed E-state index contributed by atoms with van der Waals surface area (Å²) in [7, 11) is -3.26. The number of hydrogen-bond acceptors (Lipinski definition) is 2. The summed E-state index contributed by atoms with van der Waals surface area (Å²) in [6, 6.07) is 0. The number of rotatable bonds is 3. The molecule has 8 heavy (non-hydrogen) atoms. The van der Waals surface area contributed by atoms with Gasteiger partial charge in [-0.1, -0.05) is 6.08 Å². The van der Waals surface area contributed by atoms with Crippen LogP contribution < -0.4 is 5.14 Å². The van der Waals surface area contributed by atoms with E-state index in [1.807, 2.05) is 0 Å². The topological polar surface area (TPSA) is 60.2 Å². The second kappa shape index (κ2) is 2.84. The number of hydrogen-bond donors (Lipinski definition) is 1. The zero-order valence-corrected chi connectivity index (χ0v) is 5.32. The fourth-order valence-electron chi connectivity index (χ4n) is 0.248. The van der Waals surface area contributed by atoms with E-state index in [1.54, 1.807) is 0 Å². The van der Waals surface area contributed by atoms with E-state index < -0.39 is 10.0 Å². The maximum absolute atomic E-state index is 10.1. The van der Waals surface area contributed by atoms with E-state index in [2.05, 4.69) is 11.7 Å². The number of sulfonamides is 1. The summed E-state index contributed by atoms with van der Waals surface area (Å²) in [5.74, 6) is -0.00347. The van der Waals surface area contributed by atoms with Crippen LogP contribution in [-0.4, -0.2) is 14.2 Å². The summed E-state index contributed by atoms with van der Waals surface area (Å²) in [5.41, 5.74) is 0. The van der Waals surface area contributed by atoms with Gasteiger partial charge in [0.1, 0.15) is 0 Å². The molecule has 0 saturated heterocycles. The van der Waals surface area contributed by atoms with Crippen LogP contribution >= 0.6 is 0 Å². The second-order valence-corrected chi connectivity index (χ2v) is 3.18. The van der Waals surface area contributed by atoms with Gasteiger partial charge in [-0.15, -0.1) is 6.58 Å². The zero-order valence-electron chi connectivity index (χ0n) is 4.50. The van der Waals surface area contributed by atoms with Gasteiger partial charge in [0.25, 0.3) is 0 Å². The van der Waals surface area contributed by atoms with Gasteiger partial charge in [-0.25, -0.2) is 13.6 Å². The van der Waals surface area contributed by atoms with Gasteiger partial charge in [0.05, 0.1) is 5.75 Å². The van der Waals surface area contributed by atoms with Crippen LogP contribution in [0.3, 0.4) is 0 Å². The van der Waals surface area contributed by atoms with E-state index >= 15 is 0 Å². The average Bonchev–Trinajstić information content (AvgIpc) is 1.59. The van der Waals surface area contributed by atoms with E-state index in [4.69, 9.17) is 0 Å². The van der Waals surface area contributed by atoms with Crippen LogP contribution in [0.25, 0.3) is 0 Å². The molecular formula is C4H9NO2S. The molecule has 0 aliphatic rings. The Labute approximate surface area is 49.2 Å². The van der Waals surface area contributed by atoms with Crippen LogP contribution in [0.1, 0.15) is 6.42 Å². The minimum absolute atomic E-state index is 0.00347. The highest BCUT2D eigenvalue weighted by molar-refractivity contribution is 7.89. The molecule has 0 aromatic rings. The molecule has 0 aliphatic carbocycles. The summed E-state index contributed by atoms with van der Waals surface area (Å²) >= 11 is 0. The Balaban J connectivity index is 3.57. The monoisotopic (exact) mass is 135 g/mol. The van der Waals surface area contributed by atoms with Crippen LogP contribution in [-0.2, 0) is 10.0 Å². The highest BCUT2D eigenvalue weighted by Gasteiger charge is 1.97. The van der Waals surface area contributed by atoms with Gasteiger partial charge < -0.3 is 0 Å². The Morgan fingerprint density at radius 1 is 1.62 bits per heavy atom. The van der Waals surface area contributed by atoms with Gasteiger partial charge in [-0.3, -0.25) is 0 Å². The van der Waals surface area contributed by atoms with E-state index in [-0.39, 0.29) is 5.75 Å². The van der Waals surface area contributed by atoms with Gasteiger partial charge in [0.15, 0.2) is 0 Å². The first-order chi connectivity index (χ1) is 3.56. The number of primary sulfonamides is 1. The van der Waals surface area contributed by atoms with Crippen molar-refractivity contribution in [2.75, 3.05) is 5.75 Å². The standard InChI is InChI=1S/C4H9NO2S/c1-2-3-4-8(5,6)7/h2H,1,3-4H2,(H2,5,6,7). The predicted octanol–water partition coefficient (Wildman–Crippen LogP) is -0.149. The molecule has 2 N–H and O–H groups in total. The average molecular weight is 135 g/mol. The summed E-state index contributed by atoms with van der Waals surface area (Å²) in [6.45, 7) is 3.34. The highest BCUT2D eigenvalue weighted by atomic mass is 32.2. The number of allylic oxidation sites excluding steroid dienone is 1. The van der Waals surface area contributed by atoms with Crippen molar-refractivity contribution < 1.29 is 8.42 Å². The van der Waals surface area contributed by atoms with Crippen molar-refractivity contribution in [2.24, 2.45) is 5.14 Å². The molecule has 0 aliphatic heterocycles. The lowest BCUT2D eigenvalue weighted by Crippen LogP contribution is -2.15. The first-order valence-electron chi connectivity index (χ1n) is 2.17. The third kappa shape index (κ3) is 5.65. The molecule has 3 nitrogen and oxygen atoms in total. The third-order valence-corrected chi connectivity index (χ3v) is 1.41. The molecule has 0 heterocycles. The van der Waals surface area contributed by atoms with Gasteiger partial charge in [-0.2, -0.15) is 0 Å². The van der Waals surface area contributed by atoms with Crippen molar-refractivity contribution in [2.45, 2.75) is 6.42 Å². The van der Waals surface area contributed by atoms with Crippen LogP contribution in [0.2, 0.25) is 0 Å². The molecule has 0 aromatic carbocycles. The van der Waals surface area contributed by atoms with Gasteiger partial charge in [0.2, 0.25) is 10.0 Å². The second-order valence-electron chi connectivity index (χ2n) is 1.44. The molecule has 0 saturated carbocycles. The molecule has 0 atom stereocenters. The van der Waals surface area contributed by atoms with E-state index in [9.17, 15) is 8.42 Å². The molecule has 0 radical (unpaired) electrons. The molecular weight excluding hydrogens is 126 g/mol. The van der Waals surface area contributed by atoms with Gasteiger partial charge >= 0.3 is 0 Å². The van der Waals surface area contributed by atoms with Gasteiger partial charge in [-0.05, 0) is 6.42 Å². The first kappa shape index (κ1) is 7.65. The SMILES string of the molecule is C=CCCS(N)(=O)=O. The fourth-order valence-corrected chi connectivity index (χ4v) is 0.743. The molecule has 0 aromatic heterocycles. The zero-order chi connectivity index (χ0) is 6.62. The summed E-state index contributed by atoms with van der Waals surface area (Å²) < 4.78 is 20.2. The van der Waals surface area contributed by atoms with E-state index in [0.29, 0.717) is 6.42 Å².